The van der Waals surface area contributed by atoms with Crippen molar-refractivity contribution in [2.45, 2.75) is 39.4 Å². The highest BCUT2D eigenvalue weighted by Crippen LogP contribution is 2.37. The van der Waals surface area contributed by atoms with Gasteiger partial charge in [-0.1, -0.05) is 52.3 Å². The number of anilines is 1. The van der Waals surface area contributed by atoms with E-state index in [0.717, 1.165) is 26.5 Å². The van der Waals surface area contributed by atoms with Crippen molar-refractivity contribution in [3.63, 3.8) is 0 Å². The van der Waals surface area contributed by atoms with Crippen molar-refractivity contribution in [2.75, 3.05) is 11.4 Å². The van der Waals surface area contributed by atoms with Crippen molar-refractivity contribution in [2.24, 2.45) is 0 Å². The van der Waals surface area contributed by atoms with E-state index in [2.05, 4.69) is 21.2 Å². The minimum atomic E-state index is -0.695. The molecule has 7 heteroatoms. The Bertz CT molecular complexity index is 1220. The van der Waals surface area contributed by atoms with E-state index in [4.69, 9.17) is 0 Å². The highest BCUT2D eigenvalue weighted by Gasteiger charge is 2.34. The Labute approximate surface area is 201 Å². The second kappa shape index (κ2) is 9.35. The summed E-state index contributed by atoms with van der Waals surface area (Å²) >= 11 is 3.42. The number of hydrogen-bond donors (Lipinski definition) is 1. The molecule has 0 fully saturated rings. The zero-order chi connectivity index (χ0) is 23.7. The zero-order valence-electron chi connectivity index (χ0n) is 18.8. The molecule has 4 rings (SSSR count). The number of hydrogen-bond acceptors (Lipinski definition) is 3. The number of carbonyl (C=O) groups excluding carboxylic acids is 3. The number of carbonyl (C=O) groups is 3. The van der Waals surface area contributed by atoms with Gasteiger partial charge in [0.2, 0.25) is 11.8 Å². The molecule has 0 aliphatic carbocycles. The Balaban J connectivity index is 1.62. The van der Waals surface area contributed by atoms with Crippen LogP contribution in [-0.4, -0.2) is 41.2 Å². The first-order chi connectivity index (χ1) is 15.8. The number of benzene rings is 3. The largest absolute Gasteiger partial charge is 0.352 e. The molecule has 6 nitrogen and oxygen atoms in total. The minimum absolute atomic E-state index is 0.0446. The molecule has 0 saturated carbocycles. The first-order valence-corrected chi connectivity index (χ1v) is 11.7. The number of rotatable bonds is 7. The lowest BCUT2D eigenvalue weighted by atomic mass is 10.1. The van der Waals surface area contributed by atoms with Crippen LogP contribution in [0.2, 0.25) is 0 Å². The van der Waals surface area contributed by atoms with Crippen molar-refractivity contribution >= 4 is 50.1 Å². The van der Waals surface area contributed by atoms with Crippen molar-refractivity contribution in [1.82, 2.24) is 10.2 Å². The van der Waals surface area contributed by atoms with Gasteiger partial charge in [-0.2, -0.15) is 0 Å². The molecular formula is C26H26BrN3O3. The first-order valence-electron chi connectivity index (χ1n) is 10.9. The van der Waals surface area contributed by atoms with E-state index in [-0.39, 0.29) is 36.9 Å². The molecule has 1 aliphatic rings. The van der Waals surface area contributed by atoms with E-state index in [0.29, 0.717) is 5.56 Å². The van der Waals surface area contributed by atoms with E-state index < -0.39 is 6.04 Å². The summed E-state index contributed by atoms with van der Waals surface area (Å²) in [4.78, 5) is 42.6. The van der Waals surface area contributed by atoms with E-state index in [1.807, 2.05) is 68.4 Å². The van der Waals surface area contributed by atoms with Crippen LogP contribution in [0.15, 0.2) is 65.1 Å². The van der Waals surface area contributed by atoms with Crippen LogP contribution in [0.25, 0.3) is 10.8 Å². The van der Waals surface area contributed by atoms with Gasteiger partial charge < -0.3 is 10.2 Å². The lowest BCUT2D eigenvalue weighted by Gasteiger charge is -2.31. The van der Waals surface area contributed by atoms with E-state index in [9.17, 15) is 14.4 Å². The average Bonchev–Trinajstić information content (AvgIpc) is 3.05. The third-order valence-corrected chi connectivity index (χ3v) is 6.34. The molecule has 1 aliphatic heterocycles. The van der Waals surface area contributed by atoms with Gasteiger partial charge in [0.1, 0.15) is 12.6 Å². The number of nitrogens with one attached hydrogen (secondary N) is 1. The molecule has 3 amide bonds. The van der Waals surface area contributed by atoms with Gasteiger partial charge in [0, 0.05) is 28.0 Å². The fourth-order valence-corrected chi connectivity index (χ4v) is 4.40. The van der Waals surface area contributed by atoms with Gasteiger partial charge in [0.05, 0.1) is 5.69 Å². The third kappa shape index (κ3) is 4.64. The summed E-state index contributed by atoms with van der Waals surface area (Å²) in [7, 11) is 0. The maximum atomic E-state index is 13.6. The standard InChI is InChI=1S/C26H26BrN3O3/c1-16(2)28-25(32)17(3)29(14-18-10-12-20(27)13-11-18)23(31)15-30-22-9-5-7-19-6-4-8-21(24(19)22)26(30)33/h4-13,16-17H,14-15H2,1-3H3,(H,28,32). The van der Waals surface area contributed by atoms with Crippen LogP contribution in [0.4, 0.5) is 5.69 Å². The molecular weight excluding hydrogens is 482 g/mol. The van der Waals surface area contributed by atoms with Crippen LogP contribution in [0.5, 0.6) is 0 Å². The van der Waals surface area contributed by atoms with Gasteiger partial charge in [0.25, 0.3) is 5.91 Å². The smallest absolute Gasteiger partial charge is 0.259 e. The second-order valence-corrected chi connectivity index (χ2v) is 9.48. The maximum absolute atomic E-state index is 13.6. The zero-order valence-corrected chi connectivity index (χ0v) is 20.4. The van der Waals surface area contributed by atoms with E-state index in [1.54, 1.807) is 13.0 Å². The Morgan fingerprint density at radius 2 is 1.67 bits per heavy atom. The molecule has 0 spiro atoms. The van der Waals surface area contributed by atoms with Gasteiger partial charge in [-0.3, -0.25) is 19.3 Å². The molecule has 1 N–H and O–H groups in total. The fraction of sp³-hybridized carbons (Fsp3) is 0.269. The molecule has 1 heterocycles. The van der Waals surface area contributed by atoms with E-state index >= 15 is 0 Å². The highest BCUT2D eigenvalue weighted by atomic mass is 79.9. The fourth-order valence-electron chi connectivity index (χ4n) is 4.14. The summed E-state index contributed by atoms with van der Waals surface area (Å²) in [6.45, 7) is 5.61. The third-order valence-electron chi connectivity index (χ3n) is 5.81. The van der Waals surface area contributed by atoms with E-state index in [1.165, 1.54) is 9.80 Å². The minimum Gasteiger partial charge on any atom is -0.352 e. The van der Waals surface area contributed by atoms with Crippen LogP contribution < -0.4 is 10.2 Å². The van der Waals surface area contributed by atoms with Crippen LogP contribution in [-0.2, 0) is 16.1 Å². The van der Waals surface area contributed by atoms with Gasteiger partial charge in [0.15, 0.2) is 0 Å². The predicted octanol–water partition coefficient (Wildman–Crippen LogP) is 4.50. The van der Waals surface area contributed by atoms with Crippen LogP contribution >= 0.6 is 15.9 Å². The Morgan fingerprint density at radius 3 is 2.33 bits per heavy atom. The Hall–Kier alpha value is -3.19. The van der Waals surface area contributed by atoms with Crippen molar-refractivity contribution < 1.29 is 14.4 Å². The summed E-state index contributed by atoms with van der Waals surface area (Å²) in [5.74, 6) is -0.714. The molecule has 0 saturated heterocycles. The van der Waals surface area contributed by atoms with Crippen molar-refractivity contribution in [1.29, 1.82) is 0 Å². The molecule has 0 bridgehead atoms. The van der Waals surface area contributed by atoms with Gasteiger partial charge in [-0.15, -0.1) is 0 Å². The van der Waals surface area contributed by atoms with Crippen molar-refractivity contribution in [3.8, 4) is 0 Å². The topological polar surface area (TPSA) is 69.7 Å². The van der Waals surface area contributed by atoms with Crippen LogP contribution in [0.3, 0.4) is 0 Å². The summed E-state index contributed by atoms with van der Waals surface area (Å²) in [6.07, 6.45) is 0. The molecule has 0 aromatic heterocycles. The number of halogens is 1. The monoisotopic (exact) mass is 507 g/mol. The number of amides is 3. The molecule has 33 heavy (non-hydrogen) atoms. The SMILES string of the molecule is CC(C)NC(=O)C(C)N(Cc1ccc(Br)cc1)C(=O)CN1C(=O)c2cccc3cccc1c23. The Morgan fingerprint density at radius 1 is 1.00 bits per heavy atom. The summed E-state index contributed by atoms with van der Waals surface area (Å²) in [6, 6.07) is 18.2. The molecule has 3 aromatic rings. The van der Waals surface area contributed by atoms with Crippen LogP contribution in [0.1, 0.15) is 36.7 Å². The highest BCUT2D eigenvalue weighted by molar-refractivity contribution is 9.10. The van der Waals surface area contributed by atoms with Gasteiger partial charge >= 0.3 is 0 Å². The summed E-state index contributed by atoms with van der Waals surface area (Å²) < 4.78 is 0.934. The number of nitrogens with zero attached hydrogens (tertiary/aromatic N) is 2. The first kappa shape index (κ1) is 23.0. The van der Waals surface area contributed by atoms with Gasteiger partial charge in [-0.05, 0) is 56.0 Å². The molecule has 3 aromatic carbocycles. The average molecular weight is 508 g/mol. The van der Waals surface area contributed by atoms with Crippen LogP contribution in [0, 0.1) is 0 Å². The summed E-state index contributed by atoms with van der Waals surface area (Å²) in [5.41, 5.74) is 2.22. The predicted molar refractivity (Wildman–Crippen MR) is 133 cm³/mol. The lowest BCUT2D eigenvalue weighted by Crippen LogP contribution is -2.51. The summed E-state index contributed by atoms with van der Waals surface area (Å²) in [5, 5.41) is 4.71. The van der Waals surface area contributed by atoms with Gasteiger partial charge in [-0.25, -0.2) is 0 Å². The lowest BCUT2D eigenvalue weighted by molar-refractivity contribution is -0.139. The molecule has 1 unspecified atom stereocenters. The van der Waals surface area contributed by atoms with Crippen molar-refractivity contribution in [3.05, 3.63) is 76.3 Å². The molecule has 170 valence electrons. The Kier molecular flexibility index (Phi) is 6.51. The quantitative estimate of drug-likeness (QED) is 0.511. The normalized spacial score (nSPS) is 13.5. The maximum Gasteiger partial charge on any atom is 0.259 e. The molecule has 1 atom stereocenters. The molecule has 0 radical (unpaired) electrons. The second-order valence-electron chi connectivity index (χ2n) is 8.56.